The molecule has 2 aromatic rings. The summed E-state index contributed by atoms with van der Waals surface area (Å²) >= 11 is 0. The second kappa shape index (κ2) is 11.2. The average molecular weight is 686 g/mol. The second-order valence-electron chi connectivity index (χ2n) is 14.3. The monoisotopic (exact) mass is 685 g/mol. The predicted octanol–water partition coefficient (Wildman–Crippen LogP) is 4.62. The van der Waals surface area contributed by atoms with Crippen molar-refractivity contribution in [3.05, 3.63) is 89.0 Å². The summed E-state index contributed by atoms with van der Waals surface area (Å²) < 4.78 is 62.8. The maximum Gasteiger partial charge on any atom is 0.470 e. The summed E-state index contributed by atoms with van der Waals surface area (Å²) in [5.74, 6) is -3.16. The van der Waals surface area contributed by atoms with Gasteiger partial charge >= 0.3 is 7.82 Å². The quantitative estimate of drug-likeness (QED) is 0.239. The fourth-order valence-corrected chi connectivity index (χ4v) is 9.86. The number of fused-ring (bicyclic) bond motifs is 7. The molecule has 4 aliphatic carbocycles. The number of ether oxygens (including phenoxy) is 2. The SMILES string of the molecule is C[C@]12C=CC(=O)C=C1[C@@H](F)C[C@H]1[C@@H]3C[C@H]4O[C@@H](c5ccc(Cc6cccc(N)c6)cc5)O[C@@]4(C(=O)COP(=O)(O)O)[C@@]3(C)C[C@H](O)[C@@]12F. The number of hydrogen-bond acceptors (Lipinski definition) is 8. The van der Waals surface area contributed by atoms with Crippen LogP contribution in [0, 0.1) is 22.7 Å². The Labute approximate surface area is 276 Å². The van der Waals surface area contributed by atoms with Gasteiger partial charge in [-0.15, -0.1) is 0 Å². The molecule has 0 unspecified atom stereocenters. The van der Waals surface area contributed by atoms with Crippen molar-refractivity contribution in [2.75, 3.05) is 12.3 Å². The van der Waals surface area contributed by atoms with Gasteiger partial charge in [0.15, 0.2) is 29.1 Å². The number of carbonyl (C=O) groups excluding carboxylic acids is 2. The van der Waals surface area contributed by atoms with E-state index in [1.807, 2.05) is 30.3 Å². The van der Waals surface area contributed by atoms with Gasteiger partial charge in [-0.05, 0) is 79.5 Å². The molecule has 13 heteroatoms. The van der Waals surface area contributed by atoms with Gasteiger partial charge in [-0.2, -0.15) is 0 Å². The van der Waals surface area contributed by atoms with Crippen LogP contribution in [-0.4, -0.2) is 62.7 Å². The van der Waals surface area contributed by atoms with Crippen LogP contribution < -0.4 is 5.73 Å². The van der Waals surface area contributed by atoms with E-state index in [0.29, 0.717) is 17.7 Å². The van der Waals surface area contributed by atoms with Crippen LogP contribution in [0.15, 0.2) is 72.3 Å². The number of anilines is 1. The molecule has 0 radical (unpaired) electrons. The summed E-state index contributed by atoms with van der Waals surface area (Å²) in [7, 11) is -5.08. The highest BCUT2D eigenvalue weighted by Crippen LogP contribution is 2.72. The molecule has 7 rings (SSSR count). The van der Waals surface area contributed by atoms with Crippen LogP contribution in [0.1, 0.15) is 56.1 Å². The van der Waals surface area contributed by atoms with Crippen LogP contribution in [0.2, 0.25) is 0 Å². The molecule has 1 saturated heterocycles. The molecule has 3 saturated carbocycles. The first-order valence-corrected chi connectivity index (χ1v) is 17.5. The number of aliphatic hydroxyl groups excluding tert-OH is 1. The molecule has 0 bridgehead atoms. The first-order valence-electron chi connectivity index (χ1n) is 16.0. The van der Waals surface area contributed by atoms with Crippen molar-refractivity contribution in [1.82, 2.24) is 0 Å². The van der Waals surface area contributed by atoms with E-state index in [1.165, 1.54) is 19.1 Å². The molecule has 2 aromatic carbocycles. The smallest absolute Gasteiger partial charge is 0.399 e. The molecule has 5 aliphatic rings. The molecular formula is C35H38F2NO9P. The van der Waals surface area contributed by atoms with Crippen molar-refractivity contribution in [3.63, 3.8) is 0 Å². The predicted molar refractivity (Wildman–Crippen MR) is 169 cm³/mol. The van der Waals surface area contributed by atoms with Gasteiger partial charge in [-0.3, -0.25) is 14.1 Å². The van der Waals surface area contributed by atoms with Crippen LogP contribution in [0.3, 0.4) is 0 Å². The Morgan fingerprint density at radius 1 is 1.10 bits per heavy atom. The first kappa shape index (κ1) is 33.4. The Balaban J connectivity index is 1.24. The van der Waals surface area contributed by atoms with Gasteiger partial charge < -0.3 is 30.1 Å². The number of rotatable bonds is 7. The third-order valence-corrected chi connectivity index (χ3v) is 12.2. The lowest BCUT2D eigenvalue weighted by molar-refractivity contribution is -0.235. The summed E-state index contributed by atoms with van der Waals surface area (Å²) in [6, 6.07) is 14.9. The van der Waals surface area contributed by atoms with E-state index in [1.54, 1.807) is 25.1 Å². The number of carbonyl (C=O) groups is 2. The van der Waals surface area contributed by atoms with E-state index in [-0.39, 0.29) is 24.8 Å². The van der Waals surface area contributed by atoms with Crippen molar-refractivity contribution >= 4 is 25.1 Å². The van der Waals surface area contributed by atoms with Crippen molar-refractivity contribution in [1.29, 1.82) is 0 Å². The molecule has 0 aromatic heterocycles. The molecule has 10 atom stereocenters. The van der Waals surface area contributed by atoms with Gasteiger partial charge in [0.05, 0.1) is 12.2 Å². The van der Waals surface area contributed by atoms with Crippen molar-refractivity contribution in [3.8, 4) is 0 Å². The number of allylic oxidation sites excluding steroid dienone is 4. The molecule has 256 valence electrons. The minimum absolute atomic E-state index is 0.0258. The van der Waals surface area contributed by atoms with E-state index < -0.39 is 84.6 Å². The summed E-state index contributed by atoms with van der Waals surface area (Å²) in [4.78, 5) is 45.2. The van der Waals surface area contributed by atoms with Gasteiger partial charge in [0.25, 0.3) is 0 Å². The summed E-state index contributed by atoms with van der Waals surface area (Å²) in [6.07, 6.45) is -1.87. The topological polar surface area (TPSA) is 166 Å². The molecule has 48 heavy (non-hydrogen) atoms. The number of benzene rings is 2. The number of nitrogen functional groups attached to an aromatic ring is 1. The number of alkyl halides is 2. The summed E-state index contributed by atoms with van der Waals surface area (Å²) in [5, 5.41) is 11.7. The first-order chi connectivity index (χ1) is 22.5. The summed E-state index contributed by atoms with van der Waals surface area (Å²) in [6.45, 7) is 2.12. The number of hydrogen-bond donors (Lipinski definition) is 4. The number of nitrogens with two attached hydrogens (primary N) is 1. The number of halogens is 2. The molecule has 0 amide bonds. The number of ketones is 2. The lowest BCUT2D eigenvalue weighted by Crippen LogP contribution is -2.70. The molecule has 1 aliphatic heterocycles. The molecule has 1 heterocycles. The van der Waals surface area contributed by atoms with E-state index in [2.05, 4.69) is 4.52 Å². The Morgan fingerprint density at radius 3 is 2.52 bits per heavy atom. The number of aliphatic hydroxyl groups is 1. The van der Waals surface area contributed by atoms with Gasteiger partial charge in [-0.1, -0.05) is 49.4 Å². The molecular weight excluding hydrogens is 647 g/mol. The van der Waals surface area contributed by atoms with Gasteiger partial charge in [0.2, 0.25) is 0 Å². The Morgan fingerprint density at radius 2 is 1.83 bits per heavy atom. The zero-order chi connectivity index (χ0) is 34.4. The molecule has 5 N–H and O–H groups in total. The van der Waals surface area contributed by atoms with Crippen LogP contribution in [0.4, 0.5) is 14.5 Å². The van der Waals surface area contributed by atoms with Gasteiger partial charge in [0, 0.05) is 28.0 Å². The van der Waals surface area contributed by atoms with E-state index >= 15 is 8.78 Å². The molecule has 0 spiro atoms. The largest absolute Gasteiger partial charge is 0.470 e. The number of phosphoric ester groups is 1. The second-order valence-corrected chi connectivity index (χ2v) is 15.5. The maximum absolute atomic E-state index is 17.7. The van der Waals surface area contributed by atoms with E-state index in [4.69, 9.17) is 15.2 Å². The maximum atomic E-state index is 17.7. The third-order valence-electron chi connectivity index (χ3n) is 11.8. The van der Waals surface area contributed by atoms with E-state index in [9.17, 15) is 29.0 Å². The standard InChI is InChI=1S/C35H38F2NO9P/c1-32-11-10-23(39)14-26(32)27(36)15-25-24-16-30-35(29(41)18-45-48(42,43)44,33(24,2)17-28(40)34(25,32)37)47-31(46-30)21-8-6-19(7-9-21)12-20-4-3-5-22(38)13-20/h3-11,13-14,24-25,27-28,30-31,40H,12,15-18,38H2,1-2H3,(H2,42,43,44)/t24-,25-,27-,28-,30+,31+,32-,33-,34-,35+/m0/s1. The highest BCUT2D eigenvalue weighted by molar-refractivity contribution is 7.46. The van der Waals surface area contributed by atoms with Gasteiger partial charge in [-0.25, -0.2) is 13.3 Å². The van der Waals surface area contributed by atoms with Crippen LogP contribution in [0.5, 0.6) is 0 Å². The lowest BCUT2D eigenvalue weighted by Gasteiger charge is -2.63. The highest BCUT2D eigenvalue weighted by atomic mass is 31.2. The van der Waals surface area contributed by atoms with Crippen LogP contribution in [0.25, 0.3) is 0 Å². The normalized spacial score (nSPS) is 40.1. The fourth-order valence-electron chi connectivity index (χ4n) is 9.58. The molecule has 10 nitrogen and oxygen atoms in total. The summed E-state index contributed by atoms with van der Waals surface area (Å²) in [5.41, 5.74) is 1.81. The van der Waals surface area contributed by atoms with Crippen LogP contribution >= 0.6 is 7.82 Å². The Kier molecular flexibility index (Phi) is 7.81. The number of Topliss-reactive ketones (excluding diaryl/α,β-unsaturated/α-hetero) is 1. The zero-order valence-electron chi connectivity index (χ0n) is 26.4. The number of phosphoric acid groups is 1. The minimum atomic E-state index is -5.08. The minimum Gasteiger partial charge on any atom is -0.399 e. The highest BCUT2D eigenvalue weighted by Gasteiger charge is 2.80. The Bertz CT molecular complexity index is 1780. The van der Waals surface area contributed by atoms with Crippen molar-refractivity contribution in [2.45, 2.75) is 75.5 Å². The zero-order valence-corrected chi connectivity index (χ0v) is 27.3. The Hall–Kier alpha value is -3.09. The molecule has 4 fully saturated rings. The van der Waals surface area contributed by atoms with Crippen LogP contribution in [-0.2, 0) is 34.6 Å². The fraction of sp³-hybridized carbons (Fsp3) is 0.486. The van der Waals surface area contributed by atoms with Crippen molar-refractivity contribution in [2.24, 2.45) is 22.7 Å². The van der Waals surface area contributed by atoms with E-state index in [0.717, 1.165) is 17.2 Å². The lowest BCUT2D eigenvalue weighted by atomic mass is 9.44. The average Bonchev–Trinajstić information content (AvgIpc) is 3.52. The van der Waals surface area contributed by atoms with Crippen molar-refractivity contribution < 1.29 is 51.8 Å². The van der Waals surface area contributed by atoms with Gasteiger partial charge in [0.1, 0.15) is 12.8 Å². The third kappa shape index (κ3) is 4.83.